The van der Waals surface area contributed by atoms with Crippen LogP contribution in [0, 0.1) is 11.3 Å². The summed E-state index contributed by atoms with van der Waals surface area (Å²) in [5.41, 5.74) is 1.29. The summed E-state index contributed by atoms with van der Waals surface area (Å²) in [6.45, 7) is 0. The van der Waals surface area contributed by atoms with Crippen LogP contribution in [0.2, 0.25) is 0 Å². The zero-order chi connectivity index (χ0) is 10.1. The number of benzene rings is 1. The summed E-state index contributed by atoms with van der Waals surface area (Å²) < 4.78 is 1.54. The lowest BCUT2D eigenvalue weighted by molar-refractivity contribution is 0.906. The van der Waals surface area contributed by atoms with Crippen molar-refractivity contribution in [3.8, 4) is 6.07 Å². The highest BCUT2D eigenvalue weighted by Gasteiger charge is 1.99. The molecule has 0 amide bonds. The predicted molar refractivity (Wildman–Crippen MR) is 53.9 cm³/mol. The first kappa shape index (κ1) is 8.52. The molecule has 0 fully saturated rings. The Morgan fingerprint density at radius 1 is 1.29 bits per heavy atom. The van der Waals surface area contributed by atoms with E-state index in [1.807, 2.05) is 6.07 Å². The molecule has 2 rings (SSSR count). The minimum absolute atomic E-state index is 0.0624. The van der Waals surface area contributed by atoms with Crippen molar-refractivity contribution in [1.82, 2.24) is 4.57 Å². The molecule has 0 spiro atoms. The van der Waals surface area contributed by atoms with E-state index in [0.717, 1.165) is 10.9 Å². The molecule has 0 N–H and O–H groups in total. The summed E-state index contributed by atoms with van der Waals surface area (Å²) >= 11 is 0. The Morgan fingerprint density at radius 3 is 2.71 bits per heavy atom. The van der Waals surface area contributed by atoms with E-state index in [0.29, 0.717) is 5.56 Å². The van der Waals surface area contributed by atoms with Gasteiger partial charge in [-0.05, 0) is 23.6 Å². The molecule has 0 saturated heterocycles. The topological polar surface area (TPSA) is 45.8 Å². The van der Waals surface area contributed by atoms with E-state index < -0.39 is 0 Å². The minimum atomic E-state index is -0.0624. The van der Waals surface area contributed by atoms with Crippen molar-refractivity contribution in [3.63, 3.8) is 0 Å². The number of hydrogen-bond donors (Lipinski definition) is 0. The first-order chi connectivity index (χ1) is 6.72. The minimum Gasteiger partial charge on any atom is -0.311 e. The van der Waals surface area contributed by atoms with E-state index >= 15 is 0 Å². The number of aryl methyl sites for hydroxylation is 1. The third-order valence-corrected chi connectivity index (χ3v) is 2.26. The summed E-state index contributed by atoms with van der Waals surface area (Å²) in [5.74, 6) is 0. The molecule has 0 aliphatic carbocycles. The number of hydrogen-bond acceptors (Lipinski definition) is 2. The van der Waals surface area contributed by atoms with Crippen LogP contribution in [0.1, 0.15) is 5.56 Å². The van der Waals surface area contributed by atoms with E-state index in [1.54, 1.807) is 25.2 Å². The number of fused-ring (bicyclic) bond motifs is 1. The molecule has 0 saturated carbocycles. The number of nitrogens with zero attached hydrogens (tertiary/aromatic N) is 2. The third kappa shape index (κ3) is 1.17. The lowest BCUT2D eigenvalue weighted by atomic mass is 10.1. The molecule has 3 heteroatoms. The highest BCUT2D eigenvalue weighted by molar-refractivity contribution is 5.80. The maximum atomic E-state index is 11.3. The maximum Gasteiger partial charge on any atom is 0.250 e. The van der Waals surface area contributed by atoms with Gasteiger partial charge in [-0.2, -0.15) is 5.26 Å². The number of rotatable bonds is 0. The van der Waals surface area contributed by atoms with E-state index in [-0.39, 0.29) is 5.56 Å². The molecule has 1 heterocycles. The van der Waals surface area contributed by atoms with Crippen molar-refractivity contribution >= 4 is 10.9 Å². The molecule has 2 aromatic rings. The van der Waals surface area contributed by atoms with Crippen molar-refractivity contribution < 1.29 is 0 Å². The fourth-order valence-electron chi connectivity index (χ4n) is 1.44. The van der Waals surface area contributed by atoms with E-state index in [9.17, 15) is 4.79 Å². The van der Waals surface area contributed by atoms with Gasteiger partial charge in [0.05, 0.1) is 17.1 Å². The third-order valence-electron chi connectivity index (χ3n) is 2.26. The molecule has 1 aromatic heterocycles. The van der Waals surface area contributed by atoms with Gasteiger partial charge in [-0.15, -0.1) is 0 Å². The summed E-state index contributed by atoms with van der Waals surface area (Å²) in [6, 6.07) is 10.6. The number of aromatic nitrogens is 1. The SMILES string of the molecule is Cn1c(=O)ccc2ccc(C#N)cc21. The van der Waals surface area contributed by atoms with Crippen molar-refractivity contribution in [3.05, 3.63) is 46.2 Å². The monoisotopic (exact) mass is 184 g/mol. The van der Waals surface area contributed by atoms with Crippen molar-refractivity contribution in [1.29, 1.82) is 5.26 Å². The van der Waals surface area contributed by atoms with Gasteiger partial charge in [0, 0.05) is 13.1 Å². The smallest absolute Gasteiger partial charge is 0.250 e. The quantitative estimate of drug-likeness (QED) is 0.621. The first-order valence-electron chi connectivity index (χ1n) is 4.22. The van der Waals surface area contributed by atoms with Gasteiger partial charge in [-0.1, -0.05) is 6.07 Å². The second-order valence-corrected chi connectivity index (χ2v) is 3.12. The average molecular weight is 184 g/mol. The lowest BCUT2D eigenvalue weighted by Crippen LogP contribution is -2.14. The molecule has 14 heavy (non-hydrogen) atoms. The first-order valence-corrected chi connectivity index (χ1v) is 4.22. The van der Waals surface area contributed by atoms with Gasteiger partial charge in [0.1, 0.15) is 0 Å². The fraction of sp³-hybridized carbons (Fsp3) is 0.0909. The molecule has 0 atom stereocenters. The van der Waals surface area contributed by atoms with Crippen molar-refractivity contribution in [2.24, 2.45) is 7.05 Å². The zero-order valence-corrected chi connectivity index (χ0v) is 7.69. The second-order valence-electron chi connectivity index (χ2n) is 3.12. The summed E-state index contributed by atoms with van der Waals surface area (Å²) in [4.78, 5) is 11.3. The van der Waals surface area contributed by atoms with E-state index in [4.69, 9.17) is 5.26 Å². The largest absolute Gasteiger partial charge is 0.311 e. The number of nitriles is 1. The lowest BCUT2D eigenvalue weighted by Gasteiger charge is -2.03. The van der Waals surface area contributed by atoms with Gasteiger partial charge in [-0.3, -0.25) is 4.79 Å². The Morgan fingerprint density at radius 2 is 2.00 bits per heavy atom. The van der Waals surface area contributed by atoms with Crippen LogP contribution in [0.25, 0.3) is 10.9 Å². The molecular weight excluding hydrogens is 176 g/mol. The number of pyridine rings is 1. The zero-order valence-electron chi connectivity index (χ0n) is 7.69. The maximum absolute atomic E-state index is 11.3. The molecule has 0 radical (unpaired) electrons. The molecule has 0 unspecified atom stereocenters. The molecule has 3 nitrogen and oxygen atoms in total. The Kier molecular flexibility index (Phi) is 1.83. The van der Waals surface area contributed by atoms with Gasteiger partial charge < -0.3 is 4.57 Å². The molecule has 1 aromatic carbocycles. The summed E-state index contributed by atoms with van der Waals surface area (Å²) in [7, 11) is 1.70. The fourth-order valence-corrected chi connectivity index (χ4v) is 1.44. The molecular formula is C11H8N2O. The standard InChI is InChI=1S/C11H8N2O/c1-13-10-6-8(7-12)2-3-9(10)4-5-11(13)14/h2-6H,1H3. The predicted octanol–water partition coefficient (Wildman–Crippen LogP) is 1.41. The van der Waals surface area contributed by atoms with Crippen LogP contribution in [0.4, 0.5) is 0 Å². The molecule has 0 aliphatic heterocycles. The Labute approximate surface area is 80.8 Å². The Balaban J connectivity index is 2.93. The van der Waals surface area contributed by atoms with Gasteiger partial charge in [0.15, 0.2) is 0 Å². The highest BCUT2D eigenvalue weighted by Crippen LogP contribution is 2.12. The van der Waals surface area contributed by atoms with Crippen LogP contribution in [0.3, 0.4) is 0 Å². The van der Waals surface area contributed by atoms with Crippen molar-refractivity contribution in [2.75, 3.05) is 0 Å². The summed E-state index contributed by atoms with van der Waals surface area (Å²) in [6.07, 6.45) is 0. The van der Waals surface area contributed by atoms with Gasteiger partial charge in [-0.25, -0.2) is 0 Å². The molecule has 0 aliphatic rings. The van der Waals surface area contributed by atoms with Gasteiger partial charge in [0.2, 0.25) is 0 Å². The Bertz CT molecular complexity index is 590. The average Bonchev–Trinajstić information content (AvgIpc) is 2.23. The van der Waals surface area contributed by atoms with Crippen LogP contribution in [0.5, 0.6) is 0 Å². The van der Waals surface area contributed by atoms with Crippen LogP contribution >= 0.6 is 0 Å². The normalized spacial score (nSPS) is 10.0. The van der Waals surface area contributed by atoms with Crippen LogP contribution in [-0.2, 0) is 7.05 Å². The van der Waals surface area contributed by atoms with Gasteiger partial charge in [0.25, 0.3) is 5.56 Å². The van der Waals surface area contributed by atoms with Crippen LogP contribution < -0.4 is 5.56 Å². The van der Waals surface area contributed by atoms with Crippen LogP contribution in [0.15, 0.2) is 35.1 Å². The van der Waals surface area contributed by atoms with Crippen LogP contribution in [-0.4, -0.2) is 4.57 Å². The molecule has 0 bridgehead atoms. The van der Waals surface area contributed by atoms with E-state index in [1.165, 1.54) is 10.6 Å². The van der Waals surface area contributed by atoms with Crippen molar-refractivity contribution in [2.45, 2.75) is 0 Å². The van der Waals surface area contributed by atoms with Gasteiger partial charge >= 0.3 is 0 Å². The summed E-state index contributed by atoms with van der Waals surface area (Å²) in [5, 5.41) is 9.68. The second kappa shape index (κ2) is 3.00. The Hall–Kier alpha value is -2.08. The molecule has 68 valence electrons. The van der Waals surface area contributed by atoms with E-state index in [2.05, 4.69) is 6.07 Å². The highest BCUT2D eigenvalue weighted by atomic mass is 16.1.